The van der Waals surface area contributed by atoms with Crippen molar-refractivity contribution in [2.24, 2.45) is 0 Å². The third-order valence-corrected chi connectivity index (χ3v) is 4.03. The standard InChI is InChI=1S/C22H25N/c1-4-10-18(5-2)21-14-9-13-20(16-21)17(3)15-22(23)19-11-7-6-8-12-19/h4-7,9-11,13-16,23H,8,12H2,1-3H3/b10-4-,17-15+,18-5+,23-22?. The van der Waals surface area contributed by atoms with E-state index in [1.54, 1.807) is 0 Å². The average Bonchev–Trinajstić information content (AvgIpc) is 2.60. The smallest absolute Gasteiger partial charge is 0.0574 e. The molecule has 0 fully saturated rings. The maximum absolute atomic E-state index is 8.30. The molecule has 0 saturated carbocycles. The third-order valence-electron chi connectivity index (χ3n) is 4.03. The zero-order valence-electron chi connectivity index (χ0n) is 14.3. The van der Waals surface area contributed by atoms with Crippen molar-refractivity contribution in [2.45, 2.75) is 33.6 Å². The van der Waals surface area contributed by atoms with Crippen LogP contribution in [0.1, 0.15) is 44.7 Å². The van der Waals surface area contributed by atoms with Crippen LogP contribution in [0, 0.1) is 5.41 Å². The molecule has 0 atom stereocenters. The summed E-state index contributed by atoms with van der Waals surface area (Å²) in [5, 5.41) is 8.30. The average molecular weight is 303 g/mol. The van der Waals surface area contributed by atoms with Gasteiger partial charge in [0.1, 0.15) is 0 Å². The second kappa shape index (κ2) is 8.28. The highest BCUT2D eigenvalue weighted by atomic mass is 14.4. The van der Waals surface area contributed by atoms with Gasteiger partial charge in [0.05, 0.1) is 5.71 Å². The quantitative estimate of drug-likeness (QED) is 0.483. The number of benzene rings is 1. The number of hydrogen-bond donors (Lipinski definition) is 1. The summed E-state index contributed by atoms with van der Waals surface area (Å²) in [6.45, 7) is 6.17. The molecule has 1 heteroatoms. The van der Waals surface area contributed by atoms with Crippen LogP contribution < -0.4 is 0 Å². The number of rotatable bonds is 5. The molecule has 23 heavy (non-hydrogen) atoms. The summed E-state index contributed by atoms with van der Waals surface area (Å²) in [5.41, 5.74) is 6.47. The minimum absolute atomic E-state index is 0.622. The molecule has 0 aromatic heterocycles. The van der Waals surface area contributed by atoms with E-state index in [-0.39, 0.29) is 0 Å². The van der Waals surface area contributed by atoms with Crippen LogP contribution in [0.3, 0.4) is 0 Å². The first-order valence-corrected chi connectivity index (χ1v) is 8.18. The van der Waals surface area contributed by atoms with E-state index < -0.39 is 0 Å². The van der Waals surface area contributed by atoms with Crippen molar-refractivity contribution in [1.82, 2.24) is 0 Å². The fourth-order valence-corrected chi connectivity index (χ4v) is 2.70. The highest BCUT2D eigenvalue weighted by Gasteiger charge is 2.06. The van der Waals surface area contributed by atoms with Crippen LogP contribution in [0.15, 0.2) is 72.4 Å². The van der Waals surface area contributed by atoms with Gasteiger partial charge in [0.15, 0.2) is 0 Å². The highest BCUT2D eigenvalue weighted by molar-refractivity contribution is 6.10. The van der Waals surface area contributed by atoms with Crippen molar-refractivity contribution in [2.75, 3.05) is 0 Å². The van der Waals surface area contributed by atoms with Gasteiger partial charge in [0.25, 0.3) is 0 Å². The van der Waals surface area contributed by atoms with Crippen molar-refractivity contribution in [3.63, 3.8) is 0 Å². The minimum Gasteiger partial charge on any atom is -0.301 e. The molecule has 1 N–H and O–H groups in total. The van der Waals surface area contributed by atoms with Crippen molar-refractivity contribution in [3.8, 4) is 0 Å². The molecule has 1 aromatic carbocycles. The van der Waals surface area contributed by atoms with Gasteiger partial charge in [-0.15, -0.1) is 0 Å². The predicted molar refractivity (Wildman–Crippen MR) is 103 cm³/mol. The van der Waals surface area contributed by atoms with Gasteiger partial charge in [-0.3, -0.25) is 0 Å². The molecule has 0 aliphatic heterocycles. The fraction of sp³-hybridized carbons (Fsp3) is 0.227. The summed E-state index contributed by atoms with van der Waals surface area (Å²) < 4.78 is 0. The molecular formula is C22H25N. The Labute approximate surface area is 140 Å². The molecule has 118 valence electrons. The van der Waals surface area contributed by atoms with Gasteiger partial charge in [-0.2, -0.15) is 0 Å². The Hall–Kier alpha value is -2.41. The van der Waals surface area contributed by atoms with Crippen molar-refractivity contribution in [3.05, 3.63) is 83.5 Å². The van der Waals surface area contributed by atoms with Crippen LogP contribution in [0.5, 0.6) is 0 Å². The lowest BCUT2D eigenvalue weighted by Crippen LogP contribution is -2.00. The Balaban J connectivity index is 2.27. The summed E-state index contributed by atoms with van der Waals surface area (Å²) in [7, 11) is 0. The maximum Gasteiger partial charge on any atom is 0.0574 e. The van der Waals surface area contributed by atoms with E-state index >= 15 is 0 Å². The zero-order valence-corrected chi connectivity index (χ0v) is 14.3. The van der Waals surface area contributed by atoms with Crippen LogP contribution in [0.25, 0.3) is 11.1 Å². The van der Waals surface area contributed by atoms with Crippen LogP contribution >= 0.6 is 0 Å². The van der Waals surface area contributed by atoms with Crippen molar-refractivity contribution >= 4 is 16.9 Å². The molecule has 0 unspecified atom stereocenters. The van der Waals surface area contributed by atoms with E-state index in [2.05, 4.69) is 68.5 Å². The second-order valence-electron chi connectivity index (χ2n) is 5.72. The van der Waals surface area contributed by atoms with Gasteiger partial charge in [0, 0.05) is 0 Å². The van der Waals surface area contributed by atoms with Gasteiger partial charge in [-0.25, -0.2) is 0 Å². The van der Waals surface area contributed by atoms with Gasteiger partial charge in [-0.05, 0) is 73.6 Å². The highest BCUT2D eigenvalue weighted by Crippen LogP contribution is 2.23. The molecule has 0 spiro atoms. The Morgan fingerprint density at radius 3 is 2.61 bits per heavy atom. The molecule has 0 saturated heterocycles. The van der Waals surface area contributed by atoms with E-state index in [9.17, 15) is 0 Å². The number of allylic oxidation sites excluding steroid dienone is 10. The first-order chi connectivity index (χ1) is 11.2. The third kappa shape index (κ3) is 4.53. The summed E-state index contributed by atoms with van der Waals surface area (Å²) in [6, 6.07) is 8.53. The summed E-state index contributed by atoms with van der Waals surface area (Å²) >= 11 is 0. The molecular weight excluding hydrogens is 278 g/mol. The molecule has 0 heterocycles. The Kier molecular flexibility index (Phi) is 6.10. The molecule has 0 bridgehead atoms. The lowest BCUT2D eigenvalue weighted by molar-refractivity contribution is 1.00. The molecule has 0 amide bonds. The monoisotopic (exact) mass is 303 g/mol. The molecule has 1 nitrogen and oxygen atoms in total. The topological polar surface area (TPSA) is 23.9 Å². The molecule has 2 rings (SSSR count). The second-order valence-corrected chi connectivity index (χ2v) is 5.72. The Morgan fingerprint density at radius 2 is 1.96 bits per heavy atom. The lowest BCUT2D eigenvalue weighted by atomic mass is 9.95. The van der Waals surface area contributed by atoms with Crippen LogP contribution in [-0.2, 0) is 0 Å². The Morgan fingerprint density at radius 1 is 1.17 bits per heavy atom. The Bertz CT molecular complexity index is 724. The number of hydrogen-bond acceptors (Lipinski definition) is 1. The van der Waals surface area contributed by atoms with Gasteiger partial charge in [0.2, 0.25) is 0 Å². The molecule has 1 aromatic rings. The van der Waals surface area contributed by atoms with Crippen LogP contribution in [0.4, 0.5) is 0 Å². The minimum atomic E-state index is 0.622. The maximum atomic E-state index is 8.30. The van der Waals surface area contributed by atoms with Crippen LogP contribution in [-0.4, -0.2) is 5.71 Å². The molecule has 1 aliphatic carbocycles. The normalized spacial score (nSPS) is 15.9. The van der Waals surface area contributed by atoms with E-state index in [0.29, 0.717) is 5.71 Å². The largest absolute Gasteiger partial charge is 0.301 e. The first-order valence-electron chi connectivity index (χ1n) is 8.18. The molecule has 0 radical (unpaired) electrons. The SMILES string of the molecule is C/C=C\C(=C/C)c1cccc(/C(C)=C/C(=N)C2=CC=CCC2)c1. The van der Waals surface area contributed by atoms with Gasteiger partial charge < -0.3 is 5.41 Å². The number of nitrogens with one attached hydrogen (secondary N) is 1. The van der Waals surface area contributed by atoms with Crippen molar-refractivity contribution in [1.29, 1.82) is 5.41 Å². The van der Waals surface area contributed by atoms with E-state index in [1.807, 2.05) is 19.1 Å². The van der Waals surface area contributed by atoms with Crippen LogP contribution in [0.2, 0.25) is 0 Å². The first kappa shape index (κ1) is 17.0. The van der Waals surface area contributed by atoms with E-state index in [1.165, 1.54) is 16.7 Å². The fourth-order valence-electron chi connectivity index (χ4n) is 2.70. The zero-order chi connectivity index (χ0) is 16.7. The lowest BCUT2D eigenvalue weighted by Gasteiger charge is -2.10. The predicted octanol–water partition coefficient (Wildman–Crippen LogP) is 6.37. The van der Waals surface area contributed by atoms with Gasteiger partial charge >= 0.3 is 0 Å². The van der Waals surface area contributed by atoms with E-state index in [4.69, 9.17) is 5.41 Å². The summed E-state index contributed by atoms with van der Waals surface area (Å²) in [6.07, 6.45) is 16.5. The summed E-state index contributed by atoms with van der Waals surface area (Å²) in [4.78, 5) is 0. The van der Waals surface area contributed by atoms with Crippen molar-refractivity contribution < 1.29 is 0 Å². The van der Waals surface area contributed by atoms with Gasteiger partial charge in [-0.1, -0.05) is 54.7 Å². The van der Waals surface area contributed by atoms with E-state index in [0.717, 1.165) is 24.0 Å². The summed E-state index contributed by atoms with van der Waals surface area (Å²) in [5.74, 6) is 0. The molecule has 1 aliphatic rings.